The lowest BCUT2D eigenvalue weighted by Crippen LogP contribution is -2.24. The predicted octanol–water partition coefficient (Wildman–Crippen LogP) is 1.79. The molecule has 0 aliphatic carbocycles. The first kappa shape index (κ1) is 11.8. The topological polar surface area (TPSA) is 55.6 Å². The zero-order valence-corrected chi connectivity index (χ0v) is 10.1. The molecule has 0 atom stereocenters. The molecule has 0 unspecified atom stereocenters. The maximum absolute atomic E-state index is 11.6. The number of likely N-dealkylation sites (tertiary alicyclic amines) is 1. The Hall–Kier alpha value is -1.71. The average Bonchev–Trinajstić information content (AvgIpc) is 2.69. The van der Waals surface area contributed by atoms with Crippen LogP contribution in [0.3, 0.4) is 0 Å². The molecule has 2 N–H and O–H groups in total. The summed E-state index contributed by atoms with van der Waals surface area (Å²) in [4.78, 5) is 13.4. The van der Waals surface area contributed by atoms with Crippen LogP contribution in [-0.2, 0) is 11.3 Å². The third-order valence-electron chi connectivity index (χ3n) is 2.92. The largest absolute Gasteiger partial charge is 0.494 e. The molecule has 92 valence electrons. The minimum Gasteiger partial charge on any atom is -0.494 e. The van der Waals surface area contributed by atoms with Gasteiger partial charge in [-0.05, 0) is 31.5 Å². The quantitative estimate of drug-likeness (QED) is 0.808. The van der Waals surface area contributed by atoms with E-state index in [0.29, 0.717) is 25.3 Å². The molecule has 1 fully saturated rings. The second-order valence-electron chi connectivity index (χ2n) is 4.22. The Balaban J connectivity index is 2.17. The van der Waals surface area contributed by atoms with E-state index in [1.54, 1.807) is 0 Å². The van der Waals surface area contributed by atoms with Gasteiger partial charge >= 0.3 is 0 Å². The fourth-order valence-electron chi connectivity index (χ4n) is 2.10. The number of hydrogen-bond acceptors (Lipinski definition) is 3. The Kier molecular flexibility index (Phi) is 3.52. The first-order valence-electron chi connectivity index (χ1n) is 5.99. The number of nitrogen functional groups attached to an aromatic ring is 1. The van der Waals surface area contributed by atoms with Crippen LogP contribution in [-0.4, -0.2) is 24.0 Å². The minimum absolute atomic E-state index is 0.217. The Labute approximate surface area is 101 Å². The number of benzene rings is 1. The number of nitrogens with two attached hydrogens (primary N) is 1. The summed E-state index contributed by atoms with van der Waals surface area (Å²) in [7, 11) is 0. The number of nitrogens with zero attached hydrogens (tertiary/aromatic N) is 1. The van der Waals surface area contributed by atoms with Crippen LogP contribution in [0.25, 0.3) is 0 Å². The Morgan fingerprint density at radius 1 is 1.47 bits per heavy atom. The summed E-state index contributed by atoms with van der Waals surface area (Å²) in [5.74, 6) is 1.04. The van der Waals surface area contributed by atoms with Gasteiger partial charge in [-0.3, -0.25) is 4.79 Å². The van der Waals surface area contributed by atoms with Crippen molar-refractivity contribution < 1.29 is 9.53 Å². The second kappa shape index (κ2) is 5.08. The lowest BCUT2D eigenvalue weighted by molar-refractivity contribution is -0.128. The van der Waals surface area contributed by atoms with E-state index < -0.39 is 0 Å². The molecule has 0 spiro atoms. The highest BCUT2D eigenvalue weighted by atomic mass is 16.5. The Bertz CT molecular complexity index is 418. The van der Waals surface area contributed by atoms with Gasteiger partial charge in [0, 0.05) is 30.8 Å². The summed E-state index contributed by atoms with van der Waals surface area (Å²) in [6.45, 7) is 3.99. The summed E-state index contributed by atoms with van der Waals surface area (Å²) in [6.07, 6.45) is 1.61. The van der Waals surface area contributed by atoms with Crippen molar-refractivity contribution in [2.75, 3.05) is 18.9 Å². The number of anilines is 1. The predicted molar refractivity (Wildman–Crippen MR) is 66.7 cm³/mol. The first-order valence-corrected chi connectivity index (χ1v) is 5.99. The number of hydrogen-bond donors (Lipinski definition) is 1. The molecule has 1 aliphatic rings. The van der Waals surface area contributed by atoms with Crippen molar-refractivity contribution in [3.05, 3.63) is 23.8 Å². The molecule has 0 radical (unpaired) electrons. The van der Waals surface area contributed by atoms with Crippen LogP contribution in [0.1, 0.15) is 25.3 Å². The molecule has 1 saturated heterocycles. The van der Waals surface area contributed by atoms with Crippen molar-refractivity contribution in [2.45, 2.75) is 26.3 Å². The van der Waals surface area contributed by atoms with E-state index >= 15 is 0 Å². The molecule has 0 saturated carbocycles. The number of ether oxygens (including phenoxy) is 1. The molecule has 2 rings (SSSR count). The minimum atomic E-state index is 0.217. The Morgan fingerprint density at radius 2 is 2.29 bits per heavy atom. The smallest absolute Gasteiger partial charge is 0.222 e. The standard InChI is InChI=1S/C13H18N2O2/c1-2-17-12-6-5-11(14)8-10(12)9-15-7-3-4-13(15)16/h5-6,8H,2-4,7,9,14H2,1H3. The zero-order chi connectivity index (χ0) is 12.3. The number of rotatable bonds is 4. The van der Waals surface area contributed by atoms with Gasteiger partial charge in [-0.1, -0.05) is 0 Å². The van der Waals surface area contributed by atoms with Crippen LogP contribution in [0.15, 0.2) is 18.2 Å². The molecule has 4 nitrogen and oxygen atoms in total. The number of amides is 1. The van der Waals surface area contributed by atoms with Gasteiger partial charge in [-0.25, -0.2) is 0 Å². The van der Waals surface area contributed by atoms with Crippen LogP contribution in [0, 0.1) is 0 Å². The highest BCUT2D eigenvalue weighted by molar-refractivity contribution is 5.78. The van der Waals surface area contributed by atoms with Gasteiger partial charge < -0.3 is 15.4 Å². The lowest BCUT2D eigenvalue weighted by Gasteiger charge is -2.18. The Morgan fingerprint density at radius 3 is 2.94 bits per heavy atom. The maximum Gasteiger partial charge on any atom is 0.222 e. The summed E-state index contributed by atoms with van der Waals surface area (Å²) < 4.78 is 5.54. The lowest BCUT2D eigenvalue weighted by atomic mass is 10.1. The van der Waals surface area contributed by atoms with Crippen molar-refractivity contribution in [3.8, 4) is 5.75 Å². The van der Waals surface area contributed by atoms with Crippen molar-refractivity contribution in [2.24, 2.45) is 0 Å². The van der Waals surface area contributed by atoms with Crippen LogP contribution >= 0.6 is 0 Å². The van der Waals surface area contributed by atoms with Gasteiger partial charge in [0.2, 0.25) is 5.91 Å². The van der Waals surface area contributed by atoms with Crippen molar-refractivity contribution in [3.63, 3.8) is 0 Å². The third kappa shape index (κ3) is 2.70. The van der Waals surface area contributed by atoms with Gasteiger partial charge in [0.15, 0.2) is 0 Å². The molecule has 1 amide bonds. The van der Waals surface area contributed by atoms with Crippen molar-refractivity contribution in [1.82, 2.24) is 4.90 Å². The zero-order valence-electron chi connectivity index (χ0n) is 10.1. The van der Waals surface area contributed by atoms with Gasteiger partial charge in [0.1, 0.15) is 5.75 Å². The van der Waals surface area contributed by atoms with E-state index in [-0.39, 0.29) is 5.91 Å². The maximum atomic E-state index is 11.6. The highest BCUT2D eigenvalue weighted by Crippen LogP contribution is 2.24. The number of carbonyl (C=O) groups excluding carboxylic acids is 1. The van der Waals surface area contributed by atoms with Crippen LogP contribution in [0.5, 0.6) is 5.75 Å². The SMILES string of the molecule is CCOc1ccc(N)cc1CN1CCCC1=O. The average molecular weight is 234 g/mol. The van der Waals surface area contributed by atoms with Gasteiger partial charge in [0.25, 0.3) is 0 Å². The van der Waals surface area contributed by atoms with Gasteiger partial charge in [-0.2, -0.15) is 0 Å². The molecular weight excluding hydrogens is 216 g/mol. The second-order valence-corrected chi connectivity index (χ2v) is 4.22. The molecule has 0 bridgehead atoms. The van der Waals surface area contributed by atoms with E-state index in [1.807, 2.05) is 30.0 Å². The number of carbonyl (C=O) groups is 1. The third-order valence-corrected chi connectivity index (χ3v) is 2.92. The monoisotopic (exact) mass is 234 g/mol. The fraction of sp³-hybridized carbons (Fsp3) is 0.462. The van der Waals surface area contributed by atoms with E-state index in [2.05, 4.69) is 0 Å². The van der Waals surface area contributed by atoms with E-state index in [4.69, 9.17) is 10.5 Å². The normalized spacial score (nSPS) is 15.4. The van der Waals surface area contributed by atoms with E-state index in [1.165, 1.54) is 0 Å². The van der Waals surface area contributed by atoms with Crippen molar-refractivity contribution >= 4 is 11.6 Å². The van der Waals surface area contributed by atoms with Gasteiger partial charge in [0.05, 0.1) is 6.61 Å². The molecular formula is C13H18N2O2. The molecule has 4 heteroatoms. The van der Waals surface area contributed by atoms with Gasteiger partial charge in [-0.15, -0.1) is 0 Å². The summed E-state index contributed by atoms with van der Waals surface area (Å²) in [6, 6.07) is 5.58. The first-order chi connectivity index (χ1) is 8.20. The van der Waals surface area contributed by atoms with E-state index in [0.717, 1.165) is 24.3 Å². The van der Waals surface area contributed by atoms with Crippen LogP contribution in [0.4, 0.5) is 5.69 Å². The van der Waals surface area contributed by atoms with Crippen LogP contribution in [0.2, 0.25) is 0 Å². The van der Waals surface area contributed by atoms with Crippen LogP contribution < -0.4 is 10.5 Å². The highest BCUT2D eigenvalue weighted by Gasteiger charge is 2.21. The summed E-state index contributed by atoms with van der Waals surface area (Å²) in [5, 5.41) is 0. The molecule has 1 aromatic rings. The summed E-state index contributed by atoms with van der Waals surface area (Å²) in [5.41, 5.74) is 7.47. The molecule has 0 aromatic heterocycles. The van der Waals surface area contributed by atoms with E-state index in [9.17, 15) is 4.79 Å². The summed E-state index contributed by atoms with van der Waals surface area (Å²) >= 11 is 0. The van der Waals surface area contributed by atoms with Crippen molar-refractivity contribution in [1.29, 1.82) is 0 Å². The molecule has 1 aromatic carbocycles. The molecule has 1 heterocycles. The molecule has 17 heavy (non-hydrogen) atoms. The molecule has 1 aliphatic heterocycles. The fourth-order valence-corrected chi connectivity index (χ4v) is 2.10.